The third kappa shape index (κ3) is 6.06. The zero-order valence-electron chi connectivity index (χ0n) is 4.68. The molecule has 0 aliphatic heterocycles. The minimum absolute atomic E-state index is 0. The molecule has 8 heavy (non-hydrogen) atoms. The van der Waals surface area contributed by atoms with Gasteiger partial charge in [0.2, 0.25) is 6.35 Å². The first-order chi connectivity index (χ1) is 3.31. The van der Waals surface area contributed by atoms with Gasteiger partial charge >= 0.3 is 7.80 Å². The quantitative estimate of drug-likeness (QED) is 0.556. The summed E-state index contributed by atoms with van der Waals surface area (Å²) in [5, 5.41) is 0. The summed E-state index contributed by atoms with van der Waals surface area (Å²) < 4.78 is 15.0. The van der Waals surface area contributed by atoms with Crippen LogP contribution in [0.15, 0.2) is 0 Å². The minimum atomic E-state index is -1.05. The molecule has 0 aliphatic rings. The van der Waals surface area contributed by atoms with E-state index in [1.54, 1.807) is 7.11 Å². The smallest absolute Gasteiger partial charge is 0.341 e. The lowest BCUT2D eigenvalue weighted by Crippen LogP contribution is -1.80. The van der Waals surface area contributed by atoms with Gasteiger partial charge in [-0.2, -0.15) is 0 Å². The molecule has 0 rings (SSSR count). The zero-order chi connectivity index (χ0) is 5.70. The van der Waals surface area contributed by atoms with Crippen LogP contribution in [0.1, 0.15) is 14.4 Å². The predicted octanol–water partition coefficient (Wildman–Crippen LogP) is 2.07. The van der Waals surface area contributed by atoms with E-state index >= 15 is 0 Å². The predicted molar refractivity (Wildman–Crippen MR) is 36.8 cm³/mol. The largest absolute Gasteiger partial charge is 0.366 e. The van der Waals surface area contributed by atoms with Gasteiger partial charge in [-0.25, -0.2) is 0 Å². The normalized spacial score (nSPS) is 10.0. The summed E-state index contributed by atoms with van der Waals surface area (Å²) in [6.45, 7) is 1.89. The Kier molecular flexibility index (Phi) is 9.65. The van der Waals surface area contributed by atoms with Crippen molar-refractivity contribution < 1.29 is 9.30 Å². The summed E-state index contributed by atoms with van der Waals surface area (Å²) in [5.74, 6) is 0. The van der Waals surface area contributed by atoms with Gasteiger partial charge < -0.3 is 4.74 Å². The Hall–Kier alpha value is 0.0600. The Balaban J connectivity index is 0. The topological polar surface area (TPSA) is 26.3 Å². The summed E-state index contributed by atoms with van der Waals surface area (Å²) in [4.78, 5) is 0. The molecule has 0 N–H and O–H groups in total. The molecule has 50 valence electrons. The van der Waals surface area contributed by atoms with Crippen molar-refractivity contribution in [3.05, 3.63) is 0 Å². The fourth-order valence-corrected chi connectivity index (χ4v) is 0.706. The second-order valence-electron chi connectivity index (χ2n) is 1.22. The van der Waals surface area contributed by atoms with Gasteiger partial charge in [0.05, 0.1) is 0 Å². The van der Waals surface area contributed by atoms with Gasteiger partial charge in [-0.1, -0.05) is 12.0 Å². The Morgan fingerprint density at radius 2 is 2.12 bits per heavy atom. The first-order valence-electron chi connectivity index (χ1n) is 2.22. The molecule has 0 bridgehead atoms. The molecule has 2 nitrogen and oxygen atoms in total. The third-order valence-corrected chi connectivity index (χ3v) is 1.88. The summed E-state index contributed by atoms with van der Waals surface area (Å²) in [6, 6.07) is 0. The maximum absolute atomic E-state index is 10.4. The Labute approximate surface area is 52.0 Å². The molecule has 0 aromatic carbocycles. The van der Waals surface area contributed by atoms with Crippen LogP contribution in [0.5, 0.6) is 0 Å². The molecule has 0 aromatic heterocycles. The van der Waals surface area contributed by atoms with Gasteiger partial charge in [-0.15, -0.1) is 0 Å². The molecule has 0 amide bonds. The van der Waals surface area contributed by atoms with Crippen molar-refractivity contribution in [2.75, 3.05) is 19.6 Å². The van der Waals surface area contributed by atoms with Crippen LogP contribution in [0.3, 0.4) is 0 Å². The van der Waals surface area contributed by atoms with Crippen molar-refractivity contribution in [3.63, 3.8) is 0 Å². The highest BCUT2D eigenvalue weighted by atomic mass is 31.1. The number of ether oxygens (including phenoxy) is 1. The molecule has 0 aliphatic carbocycles. The summed E-state index contributed by atoms with van der Waals surface area (Å²) in [7, 11) is 0.508. The van der Waals surface area contributed by atoms with E-state index in [0.717, 1.165) is 6.16 Å². The molecule has 0 saturated carbocycles. The lowest BCUT2D eigenvalue weighted by Gasteiger charge is -1.78. The summed E-state index contributed by atoms with van der Waals surface area (Å²) in [6.07, 6.45) is 1.13. The molecule has 1 unspecified atom stereocenters. The van der Waals surface area contributed by atoms with E-state index in [4.69, 9.17) is 0 Å². The minimum Gasteiger partial charge on any atom is -0.341 e. The zero-order valence-corrected chi connectivity index (χ0v) is 5.57. The van der Waals surface area contributed by atoms with Gasteiger partial charge in [0.15, 0.2) is 0 Å². The molecule has 0 radical (unpaired) electrons. The van der Waals surface area contributed by atoms with Crippen LogP contribution in [0.25, 0.3) is 0 Å². The Morgan fingerprint density at radius 1 is 1.62 bits per heavy atom. The summed E-state index contributed by atoms with van der Waals surface area (Å²) in [5.41, 5.74) is 0. The van der Waals surface area contributed by atoms with E-state index in [1.807, 2.05) is 6.92 Å². The molecule has 0 saturated heterocycles. The Morgan fingerprint density at radius 3 is 2.25 bits per heavy atom. The second kappa shape index (κ2) is 7.06. The van der Waals surface area contributed by atoms with E-state index in [1.165, 1.54) is 0 Å². The van der Waals surface area contributed by atoms with E-state index in [9.17, 15) is 4.57 Å². The van der Waals surface area contributed by atoms with Crippen LogP contribution in [0.2, 0.25) is 0 Å². The van der Waals surface area contributed by atoms with Gasteiger partial charge in [-0.05, 0) is 6.92 Å². The average Bonchev–Trinajstić information content (AvgIpc) is 1.68. The molecule has 1 atom stereocenters. The van der Waals surface area contributed by atoms with Crippen LogP contribution in [-0.4, -0.2) is 19.6 Å². The van der Waals surface area contributed by atoms with Gasteiger partial charge in [0.25, 0.3) is 0 Å². The van der Waals surface area contributed by atoms with Crippen molar-refractivity contribution in [1.82, 2.24) is 0 Å². The van der Waals surface area contributed by atoms with Crippen LogP contribution in [0.4, 0.5) is 0 Å². The van der Waals surface area contributed by atoms with Crippen molar-refractivity contribution in [1.29, 1.82) is 0 Å². The monoisotopic (exact) mass is 137 g/mol. The fourth-order valence-electron chi connectivity index (χ4n) is 0.235. The number of hydrogen-bond donors (Lipinski definition) is 0. The number of rotatable bonds is 3. The fraction of sp³-hybridized carbons (Fsp3) is 1.00. The van der Waals surface area contributed by atoms with Crippen LogP contribution in [-0.2, 0) is 9.30 Å². The van der Waals surface area contributed by atoms with Crippen molar-refractivity contribution in [2.24, 2.45) is 0 Å². The lowest BCUT2D eigenvalue weighted by molar-refractivity contribution is 0.251. The molecular weight excluding hydrogens is 123 g/mol. The van der Waals surface area contributed by atoms with E-state index in [0.29, 0.717) is 6.35 Å². The molecule has 0 aromatic rings. The highest BCUT2D eigenvalue weighted by Gasteiger charge is 2.07. The van der Waals surface area contributed by atoms with Crippen LogP contribution >= 0.6 is 7.80 Å². The van der Waals surface area contributed by atoms with E-state index < -0.39 is 7.80 Å². The van der Waals surface area contributed by atoms with Crippen molar-refractivity contribution in [2.45, 2.75) is 14.4 Å². The number of methoxy groups -OCH3 is 1. The highest BCUT2D eigenvalue weighted by molar-refractivity contribution is 7.44. The van der Waals surface area contributed by atoms with Crippen molar-refractivity contribution >= 4 is 7.80 Å². The maximum atomic E-state index is 10.4. The average molecular weight is 137 g/mol. The standard InChI is InChI=1S/C4H10O2P.CH4/c1-3-7(5)4-6-2;/h3-4H2,1-2H3;1H4/q+1;. The first-order valence-corrected chi connectivity index (χ1v) is 3.85. The highest BCUT2D eigenvalue weighted by Crippen LogP contribution is 2.17. The molecule has 0 fully saturated rings. The second-order valence-corrected chi connectivity index (χ2v) is 3.07. The molecular formula is C5H14O2P+. The number of hydrogen-bond acceptors (Lipinski definition) is 2. The van der Waals surface area contributed by atoms with E-state index in [-0.39, 0.29) is 7.43 Å². The van der Waals surface area contributed by atoms with Gasteiger partial charge in [0.1, 0.15) is 6.16 Å². The van der Waals surface area contributed by atoms with Crippen LogP contribution in [0, 0.1) is 0 Å². The molecule has 0 heterocycles. The first kappa shape index (κ1) is 10.9. The third-order valence-electron chi connectivity index (χ3n) is 0.626. The van der Waals surface area contributed by atoms with Gasteiger partial charge in [0, 0.05) is 7.11 Å². The van der Waals surface area contributed by atoms with Gasteiger partial charge in [-0.3, -0.25) is 0 Å². The Bertz CT molecular complexity index is 63.4. The maximum Gasteiger partial charge on any atom is 0.366 e. The van der Waals surface area contributed by atoms with E-state index in [2.05, 4.69) is 4.74 Å². The van der Waals surface area contributed by atoms with Crippen LogP contribution < -0.4 is 0 Å². The molecule has 0 spiro atoms. The summed E-state index contributed by atoms with van der Waals surface area (Å²) >= 11 is 0. The van der Waals surface area contributed by atoms with Crippen molar-refractivity contribution in [3.8, 4) is 0 Å². The lowest BCUT2D eigenvalue weighted by atomic mass is 11.0. The SMILES string of the molecule is C.CC[P+](=O)COC. The molecule has 3 heteroatoms.